The summed E-state index contributed by atoms with van der Waals surface area (Å²) in [5.74, 6) is 0.675. The van der Waals surface area contributed by atoms with Gasteiger partial charge in [0.05, 0.1) is 0 Å². The van der Waals surface area contributed by atoms with Crippen LogP contribution in [-0.2, 0) is 0 Å². The van der Waals surface area contributed by atoms with Gasteiger partial charge in [0.25, 0.3) is 0 Å². The van der Waals surface area contributed by atoms with Crippen LogP contribution in [0.2, 0.25) is 0 Å². The van der Waals surface area contributed by atoms with Crippen molar-refractivity contribution in [1.29, 1.82) is 0 Å². The number of hydrogen-bond donors (Lipinski definition) is 1. The molecule has 1 N–H and O–H groups in total. The fourth-order valence-electron chi connectivity index (χ4n) is 1.83. The molecular formula is C13H22N2. The third kappa shape index (κ3) is 3.63. The summed E-state index contributed by atoms with van der Waals surface area (Å²) < 4.78 is 0. The van der Waals surface area contributed by atoms with Gasteiger partial charge >= 0.3 is 0 Å². The summed E-state index contributed by atoms with van der Waals surface area (Å²) in [4.78, 5) is 4.14. The van der Waals surface area contributed by atoms with Gasteiger partial charge in [0.2, 0.25) is 0 Å². The Morgan fingerprint density at radius 1 is 1.33 bits per heavy atom. The third-order valence-corrected chi connectivity index (χ3v) is 2.89. The Hall–Kier alpha value is -0.890. The zero-order valence-corrected chi connectivity index (χ0v) is 10.2. The predicted octanol–water partition coefficient (Wildman–Crippen LogP) is 3.17. The van der Waals surface area contributed by atoms with E-state index in [4.69, 9.17) is 0 Å². The van der Waals surface area contributed by atoms with Crippen molar-refractivity contribution in [2.45, 2.75) is 46.2 Å². The normalized spacial score (nSPS) is 15.3. The molecule has 0 aliphatic carbocycles. The Balaban J connectivity index is 2.58. The Morgan fingerprint density at radius 3 is 2.53 bits per heavy atom. The lowest BCUT2D eigenvalue weighted by Gasteiger charge is -2.25. The molecule has 0 radical (unpaired) electrons. The lowest BCUT2D eigenvalue weighted by molar-refractivity contribution is 0.355. The van der Waals surface area contributed by atoms with Gasteiger partial charge in [0.15, 0.2) is 0 Å². The molecule has 0 saturated carbocycles. The Labute approximate surface area is 93.1 Å². The molecule has 2 atom stereocenters. The molecule has 0 bridgehead atoms. The van der Waals surface area contributed by atoms with Crippen molar-refractivity contribution < 1.29 is 0 Å². The molecule has 0 aromatic carbocycles. The first-order valence-electron chi connectivity index (χ1n) is 5.81. The van der Waals surface area contributed by atoms with Crippen LogP contribution in [0, 0.1) is 5.92 Å². The van der Waals surface area contributed by atoms with E-state index in [1.807, 2.05) is 18.5 Å². The molecule has 0 fully saturated rings. The van der Waals surface area contributed by atoms with Gasteiger partial charge in [0, 0.05) is 24.5 Å². The van der Waals surface area contributed by atoms with Crippen molar-refractivity contribution in [2.24, 2.45) is 5.92 Å². The second-order valence-corrected chi connectivity index (χ2v) is 4.43. The van der Waals surface area contributed by atoms with Gasteiger partial charge in [-0.3, -0.25) is 4.98 Å². The molecule has 0 aliphatic heterocycles. The first-order chi connectivity index (χ1) is 7.15. The van der Waals surface area contributed by atoms with Crippen LogP contribution in [-0.4, -0.2) is 11.0 Å². The number of rotatable bonds is 5. The summed E-state index contributed by atoms with van der Waals surface area (Å²) in [6, 6.07) is 5.08. The van der Waals surface area contributed by atoms with Crippen LogP contribution < -0.4 is 5.32 Å². The second kappa shape index (κ2) is 5.86. The van der Waals surface area contributed by atoms with Gasteiger partial charge in [-0.25, -0.2) is 0 Å². The third-order valence-electron chi connectivity index (χ3n) is 2.89. The first kappa shape index (κ1) is 12.2. The SMILES string of the molecule is CCC(N[C@H](C)c1cccnc1)C(C)C. The maximum Gasteiger partial charge on any atom is 0.0315 e. The number of nitrogens with one attached hydrogen (secondary N) is 1. The van der Waals surface area contributed by atoms with Crippen molar-refractivity contribution >= 4 is 0 Å². The standard InChI is InChI=1S/C13H22N2/c1-5-13(10(2)3)15-11(4)12-7-6-8-14-9-12/h6-11,13,15H,5H2,1-4H3/t11-,13?/m1/s1. The van der Waals surface area contributed by atoms with E-state index in [0.29, 0.717) is 18.0 Å². The molecule has 2 heteroatoms. The van der Waals surface area contributed by atoms with Crippen LogP contribution in [0.5, 0.6) is 0 Å². The van der Waals surface area contributed by atoms with E-state index in [1.165, 1.54) is 12.0 Å². The minimum atomic E-state index is 0.381. The highest BCUT2D eigenvalue weighted by Crippen LogP contribution is 2.15. The Bertz CT molecular complexity index is 269. The van der Waals surface area contributed by atoms with Gasteiger partial charge in [-0.1, -0.05) is 26.8 Å². The number of nitrogens with zero attached hydrogens (tertiary/aromatic N) is 1. The van der Waals surface area contributed by atoms with Crippen molar-refractivity contribution in [1.82, 2.24) is 10.3 Å². The van der Waals surface area contributed by atoms with Crippen molar-refractivity contribution in [2.75, 3.05) is 0 Å². The van der Waals surface area contributed by atoms with Crippen LogP contribution in [0.4, 0.5) is 0 Å². The summed E-state index contributed by atoms with van der Waals surface area (Å²) in [6.45, 7) is 8.95. The zero-order valence-electron chi connectivity index (χ0n) is 10.2. The average molecular weight is 206 g/mol. The van der Waals surface area contributed by atoms with Gasteiger partial charge in [0.1, 0.15) is 0 Å². The van der Waals surface area contributed by atoms with Crippen LogP contribution >= 0.6 is 0 Å². The molecule has 0 spiro atoms. The number of aromatic nitrogens is 1. The fourth-order valence-corrected chi connectivity index (χ4v) is 1.83. The maximum absolute atomic E-state index is 4.14. The molecule has 2 nitrogen and oxygen atoms in total. The summed E-state index contributed by atoms with van der Waals surface area (Å²) in [7, 11) is 0. The van der Waals surface area contributed by atoms with Crippen LogP contribution in [0.1, 0.15) is 45.7 Å². The molecule has 1 unspecified atom stereocenters. The van der Waals surface area contributed by atoms with Crippen LogP contribution in [0.25, 0.3) is 0 Å². The molecule has 84 valence electrons. The van der Waals surface area contributed by atoms with Crippen LogP contribution in [0.3, 0.4) is 0 Å². The number of hydrogen-bond acceptors (Lipinski definition) is 2. The summed E-state index contributed by atoms with van der Waals surface area (Å²) >= 11 is 0. The quantitative estimate of drug-likeness (QED) is 0.800. The van der Waals surface area contributed by atoms with Gasteiger partial charge in [-0.05, 0) is 30.9 Å². The van der Waals surface area contributed by atoms with Gasteiger partial charge in [-0.15, -0.1) is 0 Å². The number of pyridine rings is 1. The molecule has 0 aliphatic rings. The molecule has 0 saturated heterocycles. The van der Waals surface area contributed by atoms with E-state index in [9.17, 15) is 0 Å². The van der Waals surface area contributed by atoms with E-state index in [0.717, 1.165) is 0 Å². The minimum Gasteiger partial charge on any atom is -0.307 e. The van der Waals surface area contributed by atoms with Crippen molar-refractivity contribution in [3.8, 4) is 0 Å². The highest BCUT2D eigenvalue weighted by molar-refractivity contribution is 5.12. The minimum absolute atomic E-state index is 0.381. The highest BCUT2D eigenvalue weighted by atomic mass is 14.9. The van der Waals surface area contributed by atoms with Crippen molar-refractivity contribution in [3.63, 3.8) is 0 Å². The predicted molar refractivity (Wildman–Crippen MR) is 64.7 cm³/mol. The average Bonchev–Trinajstić information content (AvgIpc) is 2.26. The van der Waals surface area contributed by atoms with Gasteiger partial charge in [-0.2, -0.15) is 0 Å². The van der Waals surface area contributed by atoms with E-state index >= 15 is 0 Å². The summed E-state index contributed by atoms with van der Waals surface area (Å²) in [5.41, 5.74) is 1.26. The molecule has 1 heterocycles. The highest BCUT2D eigenvalue weighted by Gasteiger charge is 2.14. The smallest absolute Gasteiger partial charge is 0.0315 e. The maximum atomic E-state index is 4.14. The summed E-state index contributed by atoms with van der Waals surface area (Å²) in [6.07, 6.45) is 4.92. The second-order valence-electron chi connectivity index (χ2n) is 4.43. The largest absolute Gasteiger partial charge is 0.307 e. The lowest BCUT2D eigenvalue weighted by Crippen LogP contribution is -2.35. The zero-order chi connectivity index (χ0) is 11.3. The van der Waals surface area contributed by atoms with Gasteiger partial charge < -0.3 is 5.32 Å². The molecule has 15 heavy (non-hydrogen) atoms. The molecule has 0 amide bonds. The fraction of sp³-hybridized carbons (Fsp3) is 0.615. The van der Waals surface area contributed by atoms with E-state index < -0.39 is 0 Å². The molecule has 1 aromatic heterocycles. The van der Waals surface area contributed by atoms with E-state index in [2.05, 4.69) is 44.1 Å². The monoisotopic (exact) mass is 206 g/mol. The van der Waals surface area contributed by atoms with Crippen LogP contribution in [0.15, 0.2) is 24.5 Å². The lowest BCUT2D eigenvalue weighted by atomic mass is 9.99. The van der Waals surface area contributed by atoms with E-state index in [1.54, 1.807) is 0 Å². The Kier molecular flexibility index (Phi) is 4.76. The topological polar surface area (TPSA) is 24.9 Å². The summed E-state index contributed by atoms with van der Waals surface area (Å²) in [5, 5.41) is 3.64. The van der Waals surface area contributed by atoms with E-state index in [-0.39, 0.29) is 0 Å². The Morgan fingerprint density at radius 2 is 2.07 bits per heavy atom. The first-order valence-corrected chi connectivity index (χ1v) is 5.81. The molecule has 1 aromatic rings. The molecular weight excluding hydrogens is 184 g/mol. The van der Waals surface area contributed by atoms with Crippen molar-refractivity contribution in [3.05, 3.63) is 30.1 Å². The molecule has 1 rings (SSSR count).